The number of hydrogen-bond donors (Lipinski definition) is 1. The molecule has 5 rings (SSSR count). The Labute approximate surface area is 306 Å². The Morgan fingerprint density at radius 1 is 0.958 bits per heavy atom. The van der Waals surface area contributed by atoms with Crippen LogP contribution in [-0.4, -0.2) is 35.4 Å². The molecule has 0 fully saturated rings. The number of allylic oxidation sites excluding steroid dienone is 2. The van der Waals surface area contributed by atoms with E-state index in [4.69, 9.17) is 0 Å². The Hall–Kier alpha value is -2.36. The fourth-order valence-electron chi connectivity index (χ4n) is 5.98. The third-order valence-corrected chi connectivity index (χ3v) is 13.7. The molecule has 0 saturated carbocycles. The Balaban J connectivity index is 0.000000334. The molecule has 2 aromatic carbocycles. The van der Waals surface area contributed by atoms with Crippen LogP contribution in [0, 0.1) is 24.8 Å². The number of carbonyl (C=O) groups excluding carboxylic acids is 1. The van der Waals surface area contributed by atoms with Crippen molar-refractivity contribution in [2.75, 3.05) is 0 Å². The number of carbonyl (C=O) groups is 1. The van der Waals surface area contributed by atoms with Gasteiger partial charge in [0.2, 0.25) is 6.43 Å². The van der Waals surface area contributed by atoms with E-state index >= 15 is 0 Å². The quantitative estimate of drug-likeness (QED) is 0.0587. The molecule has 3 heterocycles. The largest absolute Gasteiger partial charge is 0.512 e. The van der Waals surface area contributed by atoms with Crippen LogP contribution in [-0.2, 0) is 31.3 Å². The van der Waals surface area contributed by atoms with Crippen molar-refractivity contribution < 1.29 is 38.8 Å². The maximum atomic E-state index is 12.7. The van der Waals surface area contributed by atoms with Crippen LogP contribution in [0.15, 0.2) is 48.5 Å². The monoisotopic (exact) mass is 886 g/mol. The fourth-order valence-corrected chi connectivity index (χ4v) is 10.4. The van der Waals surface area contributed by atoms with Crippen molar-refractivity contribution in [3.05, 3.63) is 65.0 Å². The molecule has 0 saturated heterocycles. The van der Waals surface area contributed by atoms with E-state index in [0.717, 1.165) is 72.4 Å². The van der Waals surface area contributed by atoms with E-state index in [2.05, 4.69) is 66.0 Å². The molecule has 0 unspecified atom stereocenters. The van der Waals surface area contributed by atoms with Gasteiger partial charge in [-0.05, 0) is 44.6 Å². The second-order valence-corrected chi connectivity index (χ2v) is 20.3. The summed E-state index contributed by atoms with van der Waals surface area (Å²) in [5.41, 5.74) is 3.92. The maximum absolute atomic E-state index is 12.7. The van der Waals surface area contributed by atoms with Gasteiger partial charge in [0.15, 0.2) is 5.78 Å². The van der Waals surface area contributed by atoms with Gasteiger partial charge in [0.1, 0.15) is 6.33 Å². The van der Waals surface area contributed by atoms with E-state index in [1.807, 2.05) is 34.6 Å². The minimum Gasteiger partial charge on any atom is -0.512 e. The first kappa shape index (κ1) is 40.1. The van der Waals surface area contributed by atoms with Crippen molar-refractivity contribution in [2.24, 2.45) is 11.8 Å². The molecule has 3 aromatic heterocycles. The SMILES string of the molecule is CCC(CC)C(=O)/C=C(\O)C(CC)CC.Cc1c(CCC(F)F)sc2c1sc1c(-c3[c-]c4ccccc4c([Si](C)(C)C)c3)ncnc12.[Ir]. The first-order valence-electron chi connectivity index (χ1n) is 16.7. The molecular weight excluding hydrogens is 839 g/mol. The standard InChI is InChI=1S/C25H23F2N2S2Si.C13H24O2.Ir/c1-14-18(9-10-20(26)27)30-25-22-24(31-23(14)25)21(28-13-29-22)16-11-15-7-5-6-8-17(15)19(12-16)32(2,3)4;1-5-10(6-2)12(14)9-13(15)11(7-3)8-4;/h5-8,12-13,20H,9-10H2,1-4H3;9-11,14H,5-8H2,1-4H3;/q-1;;/b;12-9-;. The van der Waals surface area contributed by atoms with Gasteiger partial charge in [-0.25, -0.2) is 13.8 Å². The van der Waals surface area contributed by atoms with Crippen LogP contribution in [0.4, 0.5) is 8.78 Å². The normalized spacial score (nSPS) is 12.3. The summed E-state index contributed by atoms with van der Waals surface area (Å²) in [7, 11) is -1.60. The number of benzene rings is 2. The third-order valence-electron chi connectivity index (χ3n) is 8.92. The summed E-state index contributed by atoms with van der Waals surface area (Å²) in [6.07, 6.45) is 4.56. The molecule has 1 radical (unpaired) electrons. The molecule has 0 atom stereocenters. The number of aliphatic hydroxyl groups is 1. The number of hydrogen-bond acceptors (Lipinski definition) is 6. The van der Waals surface area contributed by atoms with E-state index in [9.17, 15) is 18.7 Å². The molecule has 0 aliphatic carbocycles. The van der Waals surface area contributed by atoms with Gasteiger partial charge in [-0.15, -0.1) is 51.4 Å². The van der Waals surface area contributed by atoms with Gasteiger partial charge in [0.25, 0.3) is 0 Å². The molecule has 48 heavy (non-hydrogen) atoms. The number of rotatable bonds is 12. The van der Waals surface area contributed by atoms with E-state index < -0.39 is 14.5 Å². The van der Waals surface area contributed by atoms with Crippen molar-refractivity contribution in [3.8, 4) is 11.3 Å². The van der Waals surface area contributed by atoms with Crippen LogP contribution < -0.4 is 5.19 Å². The van der Waals surface area contributed by atoms with Gasteiger partial charge in [-0.3, -0.25) is 9.78 Å². The van der Waals surface area contributed by atoms with Crippen molar-refractivity contribution in [1.29, 1.82) is 0 Å². The molecule has 4 nitrogen and oxygen atoms in total. The fraction of sp³-hybridized carbons (Fsp3) is 0.447. The number of aromatic nitrogens is 2. The summed E-state index contributed by atoms with van der Waals surface area (Å²) in [6.45, 7) is 17.2. The molecule has 1 N–H and O–H groups in total. The van der Waals surface area contributed by atoms with E-state index in [-0.39, 0.29) is 49.9 Å². The Morgan fingerprint density at radius 2 is 1.60 bits per heavy atom. The van der Waals surface area contributed by atoms with Crippen LogP contribution in [0.1, 0.15) is 70.2 Å². The molecule has 10 heteroatoms. The van der Waals surface area contributed by atoms with E-state index in [0.29, 0.717) is 6.42 Å². The van der Waals surface area contributed by atoms with Gasteiger partial charge < -0.3 is 5.11 Å². The zero-order chi connectivity index (χ0) is 34.5. The number of alkyl halides is 2. The van der Waals surface area contributed by atoms with Crippen molar-refractivity contribution in [1.82, 2.24) is 9.97 Å². The van der Waals surface area contributed by atoms with E-state index in [1.165, 1.54) is 16.6 Å². The number of aliphatic hydroxyl groups excluding tert-OH is 1. The smallest absolute Gasteiger partial charge is 0.239 e. The minimum atomic E-state index is -2.27. The topological polar surface area (TPSA) is 63.1 Å². The molecule has 5 aromatic rings. The van der Waals surface area contributed by atoms with E-state index in [1.54, 1.807) is 29.0 Å². The Morgan fingerprint density at radius 3 is 2.21 bits per heavy atom. The van der Waals surface area contributed by atoms with Crippen LogP contribution in [0.5, 0.6) is 0 Å². The number of halogens is 2. The van der Waals surface area contributed by atoms with Crippen LogP contribution in [0.2, 0.25) is 19.6 Å². The number of fused-ring (bicyclic) bond motifs is 4. The maximum Gasteiger partial charge on any atom is 0.239 e. The molecule has 0 bridgehead atoms. The van der Waals surface area contributed by atoms with Crippen LogP contribution in [0.25, 0.3) is 41.6 Å². The molecule has 0 aliphatic rings. The van der Waals surface area contributed by atoms with Gasteiger partial charge in [0, 0.05) is 59.7 Å². The second-order valence-electron chi connectivity index (χ2n) is 13.1. The molecule has 0 spiro atoms. The average Bonchev–Trinajstić information content (AvgIpc) is 3.56. The number of aryl methyl sites for hydroxylation is 2. The summed E-state index contributed by atoms with van der Waals surface area (Å²) in [6, 6.07) is 14.3. The third kappa shape index (κ3) is 9.05. The van der Waals surface area contributed by atoms with Crippen LogP contribution in [0.3, 0.4) is 0 Å². The zero-order valence-electron chi connectivity index (χ0n) is 29.2. The molecule has 261 valence electrons. The summed E-state index contributed by atoms with van der Waals surface area (Å²) in [5, 5.41) is 13.5. The molecule has 0 aliphatic heterocycles. The van der Waals surface area contributed by atoms with Crippen molar-refractivity contribution in [2.45, 2.75) is 99.2 Å². The summed E-state index contributed by atoms with van der Waals surface area (Å²) < 4.78 is 28.8. The first-order chi connectivity index (χ1) is 22.3. The summed E-state index contributed by atoms with van der Waals surface area (Å²) in [4.78, 5) is 22.0. The number of thiophene rings is 2. The molecule has 0 amide bonds. The van der Waals surface area contributed by atoms with Gasteiger partial charge in [0.05, 0.1) is 28.7 Å². The summed E-state index contributed by atoms with van der Waals surface area (Å²) >= 11 is 3.27. The summed E-state index contributed by atoms with van der Waals surface area (Å²) in [5.74, 6) is 0.547. The number of nitrogens with zero attached hydrogens (tertiary/aromatic N) is 2. The number of ketones is 1. The van der Waals surface area contributed by atoms with Crippen molar-refractivity contribution in [3.63, 3.8) is 0 Å². The Kier molecular flexibility index (Phi) is 14.6. The van der Waals surface area contributed by atoms with Gasteiger partial charge in [-0.1, -0.05) is 76.5 Å². The Bertz CT molecular complexity index is 1870. The second kappa shape index (κ2) is 17.5. The van der Waals surface area contributed by atoms with Gasteiger partial charge >= 0.3 is 0 Å². The molecular formula is C38H47F2IrN2O2S2Si-. The van der Waals surface area contributed by atoms with Crippen molar-refractivity contribution >= 4 is 72.1 Å². The first-order valence-corrected chi connectivity index (χ1v) is 21.8. The average molecular weight is 886 g/mol. The predicted octanol–water partition coefficient (Wildman–Crippen LogP) is 11.4. The predicted molar refractivity (Wildman–Crippen MR) is 200 cm³/mol. The zero-order valence-corrected chi connectivity index (χ0v) is 34.2. The van der Waals surface area contributed by atoms with Gasteiger partial charge in [-0.2, -0.15) is 0 Å². The minimum absolute atomic E-state index is 0. The van der Waals surface area contributed by atoms with Crippen LogP contribution >= 0.6 is 22.7 Å².